The third kappa shape index (κ3) is 1.90. The maximum atomic E-state index is 5.57. The average molecular weight is 220 g/mol. The molecule has 4 nitrogen and oxygen atoms in total. The summed E-state index contributed by atoms with van der Waals surface area (Å²) in [5.74, 6) is 0.346. The molecule has 0 radical (unpaired) electrons. The minimum atomic E-state index is 0.346. The summed E-state index contributed by atoms with van der Waals surface area (Å²) in [5.41, 5.74) is 5.57. The molecule has 0 aromatic carbocycles. The van der Waals surface area contributed by atoms with E-state index in [4.69, 9.17) is 18.0 Å². The van der Waals surface area contributed by atoms with E-state index in [2.05, 4.69) is 10.1 Å². The topological polar surface area (TPSA) is 56.7 Å². The predicted octanol–water partition coefficient (Wildman–Crippen LogP) is 1.08. The number of aromatic nitrogens is 3. The summed E-state index contributed by atoms with van der Waals surface area (Å²) in [6.07, 6.45) is 3.77. The second-order valence-electron chi connectivity index (χ2n) is 1.84. The Balaban J connectivity index is 2.99. The second-order valence-corrected chi connectivity index (χ2v) is 4.05. The second kappa shape index (κ2) is 4.11. The van der Waals surface area contributed by atoms with Gasteiger partial charge >= 0.3 is 0 Å². The van der Waals surface area contributed by atoms with Crippen LogP contribution in [-0.2, 0) is 0 Å². The zero-order valence-corrected chi connectivity index (χ0v) is 9.09. The molecule has 1 aromatic rings. The van der Waals surface area contributed by atoms with Crippen molar-refractivity contribution in [2.24, 2.45) is 0 Å². The van der Waals surface area contributed by atoms with Crippen molar-refractivity contribution >= 4 is 46.0 Å². The van der Waals surface area contributed by atoms with Gasteiger partial charge < -0.3 is 5.73 Å². The molecule has 0 aliphatic carbocycles. The number of thiocarbonyl (C=S) groups is 1. The normalized spacial score (nSPS) is 10.2. The van der Waals surface area contributed by atoms with Crippen molar-refractivity contribution in [3.8, 4) is 0 Å². The maximum Gasteiger partial charge on any atom is 0.225 e. The fourth-order valence-electron chi connectivity index (χ4n) is 0.612. The molecule has 1 aromatic heterocycles. The lowest BCUT2D eigenvalue weighted by Crippen LogP contribution is -2.10. The van der Waals surface area contributed by atoms with Crippen molar-refractivity contribution in [1.29, 1.82) is 0 Å². The smallest absolute Gasteiger partial charge is 0.225 e. The van der Waals surface area contributed by atoms with Crippen LogP contribution in [0.15, 0.2) is 5.16 Å². The van der Waals surface area contributed by atoms with Crippen molar-refractivity contribution in [3.05, 3.63) is 0 Å². The molecule has 7 heteroatoms. The first-order valence-corrected chi connectivity index (χ1v) is 5.89. The van der Waals surface area contributed by atoms with Gasteiger partial charge in [0.05, 0.1) is 0 Å². The molecule has 2 N–H and O–H groups in total. The van der Waals surface area contributed by atoms with E-state index in [0.717, 1.165) is 0 Å². The molecule has 0 aliphatic heterocycles. The first-order valence-electron chi connectivity index (χ1n) is 3.04. The molecule has 0 fully saturated rings. The molecule has 0 aliphatic rings. The van der Waals surface area contributed by atoms with Crippen molar-refractivity contribution in [3.63, 3.8) is 0 Å². The number of hydrogen-bond donors (Lipinski definition) is 1. The Morgan fingerprint density at radius 2 is 2.25 bits per heavy atom. The van der Waals surface area contributed by atoms with Gasteiger partial charge in [0.25, 0.3) is 0 Å². The minimum absolute atomic E-state index is 0.346. The Bertz CT molecular complexity index is 295. The van der Waals surface area contributed by atoms with Gasteiger partial charge in [-0.05, 0) is 12.5 Å². The lowest BCUT2D eigenvalue weighted by Gasteiger charge is -1.98. The van der Waals surface area contributed by atoms with E-state index >= 15 is 0 Å². The first-order chi connectivity index (χ1) is 5.69. The van der Waals surface area contributed by atoms with E-state index in [9.17, 15) is 0 Å². The fourth-order valence-corrected chi connectivity index (χ4v) is 1.40. The highest BCUT2D eigenvalue weighted by atomic mass is 32.2. The third-order valence-electron chi connectivity index (χ3n) is 1.14. The van der Waals surface area contributed by atoms with Gasteiger partial charge in [-0.15, -0.1) is 5.10 Å². The number of thioether (sulfide) groups is 2. The Morgan fingerprint density at radius 3 is 2.67 bits per heavy atom. The largest absolute Gasteiger partial charge is 0.368 e. The quantitative estimate of drug-likeness (QED) is 0.564. The zero-order valence-electron chi connectivity index (χ0n) is 6.64. The molecule has 12 heavy (non-hydrogen) atoms. The van der Waals surface area contributed by atoms with Gasteiger partial charge in [-0.1, -0.05) is 35.7 Å². The van der Waals surface area contributed by atoms with Gasteiger partial charge in [0.15, 0.2) is 4.32 Å². The highest BCUT2D eigenvalue weighted by Gasteiger charge is 2.08. The molecule has 0 amide bonds. The van der Waals surface area contributed by atoms with Gasteiger partial charge in [0.2, 0.25) is 11.1 Å². The summed E-state index contributed by atoms with van der Waals surface area (Å²) in [6.45, 7) is 0. The number of nitrogen functional groups attached to an aromatic ring is 1. The number of nitrogens with zero attached hydrogens (tertiary/aromatic N) is 3. The number of hydrogen-bond acceptors (Lipinski definition) is 6. The van der Waals surface area contributed by atoms with Crippen molar-refractivity contribution in [1.82, 2.24) is 14.8 Å². The monoisotopic (exact) mass is 220 g/mol. The summed E-state index contributed by atoms with van der Waals surface area (Å²) in [6, 6.07) is 0. The highest BCUT2D eigenvalue weighted by molar-refractivity contribution is 8.22. The first kappa shape index (κ1) is 9.82. The summed E-state index contributed by atoms with van der Waals surface area (Å²) in [7, 11) is 0. The van der Waals surface area contributed by atoms with Crippen molar-refractivity contribution in [2.45, 2.75) is 5.16 Å². The van der Waals surface area contributed by atoms with Crippen LogP contribution < -0.4 is 5.73 Å². The van der Waals surface area contributed by atoms with Crippen LogP contribution in [0.2, 0.25) is 0 Å². The number of rotatable bonds is 1. The van der Waals surface area contributed by atoms with E-state index in [1.165, 1.54) is 28.2 Å². The zero-order chi connectivity index (χ0) is 9.14. The Morgan fingerprint density at radius 1 is 1.58 bits per heavy atom. The van der Waals surface area contributed by atoms with Gasteiger partial charge in [-0.2, -0.15) is 9.67 Å². The summed E-state index contributed by atoms with van der Waals surface area (Å²) in [4.78, 5) is 3.99. The van der Waals surface area contributed by atoms with E-state index in [-0.39, 0.29) is 0 Å². The number of anilines is 1. The Kier molecular flexibility index (Phi) is 3.36. The molecule has 0 unspecified atom stereocenters. The van der Waals surface area contributed by atoms with Crippen LogP contribution in [0, 0.1) is 0 Å². The molecule has 0 saturated carbocycles. The maximum absolute atomic E-state index is 5.57. The fraction of sp³-hybridized carbons (Fsp3) is 0.400. The third-order valence-corrected chi connectivity index (χ3v) is 2.88. The summed E-state index contributed by atoms with van der Waals surface area (Å²) >= 11 is 7.86. The van der Waals surface area contributed by atoms with Crippen molar-refractivity contribution < 1.29 is 0 Å². The van der Waals surface area contributed by atoms with Crippen LogP contribution in [0.1, 0.15) is 0 Å². The highest BCUT2D eigenvalue weighted by Crippen LogP contribution is 2.13. The standard InChI is InChI=1S/C5H8N4S3/c1-11-4-7-3(6)9(8-4)5(10)12-2/h1-2H3,(H2,6,7,8). The molecule has 0 bridgehead atoms. The van der Waals surface area contributed by atoms with Crippen LogP contribution in [-0.4, -0.2) is 31.6 Å². The predicted molar refractivity (Wildman–Crippen MR) is 57.7 cm³/mol. The minimum Gasteiger partial charge on any atom is -0.368 e. The van der Waals surface area contributed by atoms with E-state index in [0.29, 0.717) is 15.4 Å². The van der Waals surface area contributed by atoms with Gasteiger partial charge in [0.1, 0.15) is 0 Å². The molecule has 1 rings (SSSR count). The number of nitrogens with two attached hydrogens (primary N) is 1. The van der Waals surface area contributed by atoms with Crippen LogP contribution in [0.3, 0.4) is 0 Å². The molecule has 0 atom stereocenters. The van der Waals surface area contributed by atoms with Crippen LogP contribution >= 0.6 is 35.7 Å². The summed E-state index contributed by atoms with van der Waals surface area (Å²) in [5, 5.41) is 4.72. The molecular formula is C5H8N4S3. The Labute approximate surface area is 84.3 Å². The average Bonchev–Trinajstić information content (AvgIpc) is 2.45. The Hall–Kier alpha value is -0.270. The van der Waals surface area contributed by atoms with Crippen LogP contribution in [0.5, 0.6) is 0 Å². The SMILES string of the molecule is CSC(=S)n1nc(SC)nc1N. The van der Waals surface area contributed by atoms with E-state index in [1.54, 1.807) is 0 Å². The van der Waals surface area contributed by atoms with Gasteiger partial charge in [-0.25, -0.2) is 0 Å². The van der Waals surface area contributed by atoms with Gasteiger partial charge in [0, 0.05) is 0 Å². The molecule has 0 spiro atoms. The molecule has 0 saturated heterocycles. The van der Waals surface area contributed by atoms with E-state index < -0.39 is 0 Å². The van der Waals surface area contributed by atoms with E-state index in [1.807, 2.05) is 12.5 Å². The lowest BCUT2D eigenvalue weighted by molar-refractivity contribution is 0.902. The molecule has 66 valence electrons. The van der Waals surface area contributed by atoms with Crippen LogP contribution in [0.25, 0.3) is 0 Å². The summed E-state index contributed by atoms with van der Waals surface area (Å²) < 4.78 is 2.08. The van der Waals surface area contributed by atoms with Crippen LogP contribution in [0.4, 0.5) is 5.95 Å². The molecule has 1 heterocycles. The van der Waals surface area contributed by atoms with Gasteiger partial charge in [-0.3, -0.25) is 0 Å². The van der Waals surface area contributed by atoms with Crippen molar-refractivity contribution in [2.75, 3.05) is 18.2 Å². The molecular weight excluding hydrogens is 212 g/mol. The lowest BCUT2D eigenvalue weighted by atomic mass is 11.0.